The molecular weight excluding hydrogens is 388 g/mol. The Balaban J connectivity index is 1.50. The van der Waals surface area contributed by atoms with Gasteiger partial charge in [0.05, 0.1) is 10.9 Å². The number of piperazine rings is 1. The van der Waals surface area contributed by atoms with Crippen LogP contribution in [0, 0.1) is 17.8 Å². The van der Waals surface area contributed by atoms with E-state index < -0.39 is 0 Å². The van der Waals surface area contributed by atoms with Gasteiger partial charge in [0.1, 0.15) is 5.82 Å². The van der Waals surface area contributed by atoms with Gasteiger partial charge in [0, 0.05) is 44.3 Å². The maximum Gasteiger partial charge on any atom is 0.247 e. The average Bonchev–Trinajstić information content (AvgIpc) is 3.49. The Hall–Kier alpha value is -1.89. The van der Waals surface area contributed by atoms with Gasteiger partial charge in [-0.05, 0) is 43.7 Å². The van der Waals surface area contributed by atoms with Crippen LogP contribution in [0.3, 0.4) is 0 Å². The van der Waals surface area contributed by atoms with E-state index >= 15 is 0 Å². The summed E-state index contributed by atoms with van der Waals surface area (Å²) in [6.45, 7) is 8.26. The highest BCUT2D eigenvalue weighted by atomic mass is 35.5. The number of aromatic nitrogens is 1. The number of pyridine rings is 1. The van der Waals surface area contributed by atoms with E-state index in [1.165, 1.54) is 0 Å². The zero-order chi connectivity index (χ0) is 20.5. The van der Waals surface area contributed by atoms with E-state index in [4.69, 9.17) is 11.6 Å². The fourth-order valence-corrected chi connectivity index (χ4v) is 5.20. The van der Waals surface area contributed by atoms with Crippen molar-refractivity contribution >= 4 is 23.3 Å². The van der Waals surface area contributed by atoms with E-state index in [1.54, 1.807) is 0 Å². The Morgan fingerprint density at radius 1 is 1.28 bits per heavy atom. The molecule has 29 heavy (non-hydrogen) atoms. The predicted octanol–water partition coefficient (Wildman–Crippen LogP) is 3.23. The van der Waals surface area contributed by atoms with Crippen molar-refractivity contribution in [3.05, 3.63) is 47.2 Å². The summed E-state index contributed by atoms with van der Waals surface area (Å²) in [5.74, 6) is 0.712. The monoisotopic (exact) mass is 416 g/mol. The lowest BCUT2D eigenvalue weighted by molar-refractivity contribution is -0.131. The molecule has 0 radical (unpaired) electrons. The lowest BCUT2D eigenvalue weighted by Gasteiger charge is -2.37. The van der Waals surface area contributed by atoms with Crippen LogP contribution in [0.15, 0.2) is 36.6 Å². The van der Waals surface area contributed by atoms with Crippen LogP contribution in [0.4, 0.5) is 5.82 Å². The third kappa shape index (κ3) is 4.06. The van der Waals surface area contributed by atoms with E-state index in [0.29, 0.717) is 11.1 Å². The number of carbonyl (C=O) groups is 1. The second-order valence-corrected chi connectivity index (χ2v) is 8.92. The number of rotatable bonds is 5. The number of nitrogens with one attached hydrogen (secondary N) is 1. The van der Waals surface area contributed by atoms with E-state index in [0.717, 1.165) is 44.0 Å². The molecule has 156 valence electrons. The lowest BCUT2D eigenvalue weighted by Crippen LogP contribution is -2.49. The van der Waals surface area contributed by atoms with Gasteiger partial charge in [-0.3, -0.25) is 14.9 Å². The van der Waals surface area contributed by atoms with Gasteiger partial charge in [-0.25, -0.2) is 10.5 Å². The summed E-state index contributed by atoms with van der Waals surface area (Å²) in [7, 11) is 0. The zero-order valence-electron chi connectivity index (χ0n) is 17.0. The minimum atomic E-state index is -0.326. The highest BCUT2D eigenvalue weighted by Gasteiger charge is 2.58. The number of carbonyl (C=O) groups excluding carboxylic acids is 1. The Bertz CT molecular complexity index is 817. The van der Waals surface area contributed by atoms with Gasteiger partial charge >= 0.3 is 0 Å². The first-order valence-electron chi connectivity index (χ1n) is 10.4. The molecule has 2 N–H and O–H groups in total. The number of hydrogen-bond donors (Lipinski definition) is 2. The van der Waals surface area contributed by atoms with Crippen molar-refractivity contribution in [2.75, 3.05) is 31.1 Å². The SMILES string of the molecule is CC(C)N1CCN(c2ncc([C@H]3[C@H](C(=O)NO)[C@@H]3C3C=CC=CC3)cc2Cl)CC1. The minimum Gasteiger partial charge on any atom is -0.353 e. The molecule has 0 bridgehead atoms. The Morgan fingerprint density at radius 3 is 2.62 bits per heavy atom. The van der Waals surface area contributed by atoms with Crippen LogP contribution in [0.25, 0.3) is 0 Å². The maximum absolute atomic E-state index is 12.2. The number of hydroxylamine groups is 1. The first kappa shape index (κ1) is 20.4. The predicted molar refractivity (Wildman–Crippen MR) is 114 cm³/mol. The van der Waals surface area contributed by atoms with Gasteiger partial charge in [0.25, 0.3) is 0 Å². The summed E-state index contributed by atoms with van der Waals surface area (Å²) < 4.78 is 0. The summed E-state index contributed by atoms with van der Waals surface area (Å²) in [6, 6.07) is 2.51. The van der Waals surface area contributed by atoms with Crippen molar-refractivity contribution in [1.29, 1.82) is 0 Å². The molecule has 0 aromatic carbocycles. The summed E-state index contributed by atoms with van der Waals surface area (Å²) >= 11 is 6.64. The molecule has 1 aliphatic heterocycles. The van der Waals surface area contributed by atoms with Gasteiger partial charge in [0.2, 0.25) is 5.91 Å². The molecule has 6 nitrogen and oxygen atoms in total. The zero-order valence-corrected chi connectivity index (χ0v) is 17.7. The van der Waals surface area contributed by atoms with Gasteiger partial charge in [-0.1, -0.05) is 35.9 Å². The highest BCUT2D eigenvalue weighted by Crippen LogP contribution is 2.59. The van der Waals surface area contributed by atoms with Crippen LogP contribution >= 0.6 is 11.6 Å². The van der Waals surface area contributed by atoms with Gasteiger partial charge in [-0.15, -0.1) is 0 Å². The molecule has 1 saturated heterocycles. The standard InChI is InChI=1S/C22H29ClN4O2/c1-14(2)26-8-10-27(11-9-26)21-17(23)12-16(13-24-21)19-18(20(19)22(28)25-29)15-6-4-3-5-7-15/h3-6,12-15,18-20,29H,7-11H2,1-2H3,(H,25,28)/t15?,18-,19-,20-/m1/s1. The normalized spacial score (nSPS) is 29.3. The van der Waals surface area contributed by atoms with Crippen molar-refractivity contribution in [2.24, 2.45) is 17.8 Å². The summed E-state index contributed by atoms with van der Waals surface area (Å²) in [6.07, 6.45) is 11.1. The second kappa shape index (κ2) is 8.46. The van der Waals surface area contributed by atoms with Crippen LogP contribution in [0.2, 0.25) is 5.02 Å². The topological polar surface area (TPSA) is 68.7 Å². The third-order valence-electron chi connectivity index (χ3n) is 6.57. The number of amides is 1. The molecule has 7 heteroatoms. The van der Waals surface area contributed by atoms with Crippen LogP contribution < -0.4 is 10.4 Å². The quantitative estimate of drug-likeness (QED) is 0.569. The number of nitrogens with zero attached hydrogens (tertiary/aromatic N) is 3. The lowest BCUT2D eigenvalue weighted by atomic mass is 9.93. The molecule has 4 rings (SSSR count). The van der Waals surface area contributed by atoms with E-state index in [-0.39, 0.29) is 29.6 Å². The van der Waals surface area contributed by atoms with Crippen LogP contribution in [-0.2, 0) is 4.79 Å². The fourth-order valence-electron chi connectivity index (χ4n) is 4.90. The fraction of sp³-hybridized carbons (Fsp3) is 0.545. The molecule has 0 spiro atoms. The molecule has 3 aliphatic rings. The molecule has 1 unspecified atom stereocenters. The summed E-state index contributed by atoms with van der Waals surface area (Å²) in [5.41, 5.74) is 2.81. The molecule has 2 heterocycles. The molecule has 1 aromatic rings. The third-order valence-corrected chi connectivity index (χ3v) is 6.85. The first-order valence-corrected chi connectivity index (χ1v) is 10.8. The van der Waals surface area contributed by atoms with Crippen LogP contribution in [0.5, 0.6) is 0 Å². The van der Waals surface area contributed by atoms with Crippen molar-refractivity contribution in [2.45, 2.75) is 32.2 Å². The van der Waals surface area contributed by atoms with Crippen molar-refractivity contribution in [1.82, 2.24) is 15.4 Å². The molecule has 1 aromatic heterocycles. The van der Waals surface area contributed by atoms with Crippen molar-refractivity contribution in [3.8, 4) is 0 Å². The molecular formula is C22H29ClN4O2. The first-order chi connectivity index (χ1) is 14.0. The Labute approximate surface area is 177 Å². The maximum atomic E-state index is 12.2. The van der Waals surface area contributed by atoms with Gasteiger partial charge < -0.3 is 4.90 Å². The minimum absolute atomic E-state index is 0.0279. The molecule has 4 atom stereocenters. The van der Waals surface area contributed by atoms with Crippen molar-refractivity contribution in [3.63, 3.8) is 0 Å². The van der Waals surface area contributed by atoms with Gasteiger partial charge in [0.15, 0.2) is 0 Å². The largest absolute Gasteiger partial charge is 0.353 e. The number of hydrogen-bond acceptors (Lipinski definition) is 5. The smallest absolute Gasteiger partial charge is 0.247 e. The van der Waals surface area contributed by atoms with Crippen LogP contribution in [0.1, 0.15) is 31.7 Å². The molecule has 2 fully saturated rings. The average molecular weight is 417 g/mol. The number of halogens is 1. The van der Waals surface area contributed by atoms with E-state index in [9.17, 15) is 10.0 Å². The van der Waals surface area contributed by atoms with Gasteiger partial charge in [-0.2, -0.15) is 0 Å². The molecule has 1 saturated carbocycles. The summed E-state index contributed by atoms with van der Waals surface area (Å²) in [5, 5.41) is 9.80. The van der Waals surface area contributed by atoms with E-state index in [1.807, 2.05) is 29.9 Å². The Kier molecular flexibility index (Phi) is 5.95. The van der Waals surface area contributed by atoms with Crippen LogP contribution in [-0.4, -0.2) is 53.2 Å². The Morgan fingerprint density at radius 2 is 2.03 bits per heavy atom. The number of allylic oxidation sites excluding steroid dienone is 4. The van der Waals surface area contributed by atoms with Crippen molar-refractivity contribution < 1.29 is 10.0 Å². The second-order valence-electron chi connectivity index (χ2n) is 8.51. The number of anilines is 1. The summed E-state index contributed by atoms with van der Waals surface area (Å²) in [4.78, 5) is 21.6. The molecule has 2 aliphatic carbocycles. The highest BCUT2D eigenvalue weighted by molar-refractivity contribution is 6.33. The van der Waals surface area contributed by atoms with E-state index in [2.05, 4.69) is 40.8 Å². The molecule has 1 amide bonds.